The Bertz CT molecular complexity index is 732. The zero-order valence-corrected chi connectivity index (χ0v) is 14.6. The lowest BCUT2D eigenvalue weighted by molar-refractivity contribution is -0.147. The molecule has 6 nitrogen and oxygen atoms in total. The third kappa shape index (κ3) is 3.43. The Balaban J connectivity index is 1.33. The molecule has 0 spiro atoms. The van der Waals surface area contributed by atoms with Gasteiger partial charge in [0.2, 0.25) is 17.7 Å². The Morgan fingerprint density at radius 1 is 1.08 bits per heavy atom. The van der Waals surface area contributed by atoms with Crippen molar-refractivity contribution in [3.8, 4) is 0 Å². The lowest BCUT2D eigenvalue weighted by Crippen LogP contribution is -2.53. The van der Waals surface area contributed by atoms with Crippen LogP contribution in [-0.4, -0.2) is 64.6 Å². The highest BCUT2D eigenvalue weighted by Crippen LogP contribution is 2.33. The fraction of sp³-hybridized carbons (Fsp3) is 0.526. The van der Waals surface area contributed by atoms with Crippen LogP contribution in [0, 0.1) is 11.7 Å². The van der Waals surface area contributed by atoms with Gasteiger partial charge in [0.15, 0.2) is 0 Å². The van der Waals surface area contributed by atoms with E-state index in [9.17, 15) is 18.8 Å². The third-order valence-electron chi connectivity index (χ3n) is 5.41. The van der Waals surface area contributed by atoms with E-state index in [1.807, 2.05) is 4.90 Å². The second kappa shape index (κ2) is 6.70. The fourth-order valence-electron chi connectivity index (χ4n) is 3.77. The third-order valence-corrected chi connectivity index (χ3v) is 5.41. The summed E-state index contributed by atoms with van der Waals surface area (Å²) >= 11 is 0. The van der Waals surface area contributed by atoms with Crippen LogP contribution in [0.4, 0.5) is 4.39 Å². The number of likely N-dealkylation sites (tertiary alicyclic amines) is 1. The summed E-state index contributed by atoms with van der Waals surface area (Å²) in [4.78, 5) is 42.3. The molecular weight excluding hydrogens is 337 g/mol. The fourth-order valence-corrected chi connectivity index (χ4v) is 3.77. The standard InChI is InChI=1S/C19H22FN3O3/c20-15-3-1-13(2-4-15)10-21-7-8-22(12-18(21)25)19(26)14-9-17(24)23(11-14)16-5-6-16/h1-4,14,16H,5-12H2/t14-/m1/s1. The maximum absolute atomic E-state index is 13.0. The van der Waals surface area contributed by atoms with Gasteiger partial charge in [-0.25, -0.2) is 4.39 Å². The first-order valence-corrected chi connectivity index (χ1v) is 9.12. The molecule has 3 amide bonds. The molecule has 4 rings (SSSR count). The number of amides is 3. The van der Waals surface area contributed by atoms with Gasteiger partial charge in [-0.05, 0) is 30.5 Å². The van der Waals surface area contributed by atoms with Gasteiger partial charge in [0.1, 0.15) is 5.82 Å². The van der Waals surface area contributed by atoms with Gasteiger partial charge in [-0.1, -0.05) is 12.1 Å². The van der Waals surface area contributed by atoms with Crippen LogP contribution >= 0.6 is 0 Å². The number of benzene rings is 1. The lowest BCUT2D eigenvalue weighted by Gasteiger charge is -2.35. The number of halogens is 1. The van der Waals surface area contributed by atoms with Gasteiger partial charge in [0, 0.05) is 38.6 Å². The minimum atomic E-state index is -0.320. The molecule has 0 radical (unpaired) electrons. The number of hydrogen-bond acceptors (Lipinski definition) is 3. The first kappa shape index (κ1) is 17.0. The van der Waals surface area contributed by atoms with Crippen molar-refractivity contribution >= 4 is 17.7 Å². The predicted octanol–water partition coefficient (Wildman–Crippen LogP) is 1.01. The largest absolute Gasteiger partial charge is 0.339 e. The van der Waals surface area contributed by atoms with Crippen LogP contribution in [0.3, 0.4) is 0 Å². The van der Waals surface area contributed by atoms with E-state index in [1.54, 1.807) is 21.9 Å². The minimum absolute atomic E-state index is 0.0497. The Morgan fingerprint density at radius 3 is 2.46 bits per heavy atom. The van der Waals surface area contributed by atoms with E-state index in [0.717, 1.165) is 18.4 Å². The molecule has 3 fully saturated rings. The van der Waals surface area contributed by atoms with Gasteiger partial charge >= 0.3 is 0 Å². The normalized spacial score (nSPS) is 23.7. The van der Waals surface area contributed by atoms with Crippen LogP contribution in [0.2, 0.25) is 0 Å². The number of carbonyl (C=O) groups is 3. The molecule has 1 aromatic rings. The molecule has 3 aliphatic rings. The smallest absolute Gasteiger partial charge is 0.242 e. The van der Waals surface area contributed by atoms with E-state index in [-0.39, 0.29) is 42.4 Å². The number of nitrogens with zero attached hydrogens (tertiary/aromatic N) is 3. The average molecular weight is 359 g/mol. The summed E-state index contributed by atoms with van der Waals surface area (Å²) in [6, 6.07) is 6.41. The monoisotopic (exact) mass is 359 g/mol. The molecule has 138 valence electrons. The molecule has 1 aromatic carbocycles. The summed E-state index contributed by atoms with van der Waals surface area (Å²) in [6.07, 6.45) is 2.33. The molecule has 0 unspecified atom stereocenters. The summed E-state index contributed by atoms with van der Waals surface area (Å²) < 4.78 is 13.0. The van der Waals surface area contributed by atoms with Crippen LogP contribution in [0.1, 0.15) is 24.8 Å². The molecule has 1 saturated carbocycles. The van der Waals surface area contributed by atoms with Crippen molar-refractivity contribution in [1.82, 2.24) is 14.7 Å². The van der Waals surface area contributed by atoms with E-state index >= 15 is 0 Å². The zero-order valence-electron chi connectivity index (χ0n) is 14.6. The maximum atomic E-state index is 13.0. The van der Waals surface area contributed by atoms with Gasteiger partial charge in [0.25, 0.3) is 0 Å². The molecule has 1 aliphatic carbocycles. The second-order valence-electron chi connectivity index (χ2n) is 7.38. The SMILES string of the molecule is O=C1CN(C(=O)[C@@H]2CC(=O)N(C3CC3)C2)CCN1Cc1ccc(F)cc1. The summed E-state index contributed by atoms with van der Waals surface area (Å²) in [7, 11) is 0. The molecule has 26 heavy (non-hydrogen) atoms. The Morgan fingerprint density at radius 2 is 1.81 bits per heavy atom. The summed E-state index contributed by atoms with van der Waals surface area (Å²) in [5.74, 6) is -0.762. The topological polar surface area (TPSA) is 60.9 Å². The Hall–Kier alpha value is -2.44. The quantitative estimate of drug-likeness (QED) is 0.806. The molecule has 2 saturated heterocycles. The molecular formula is C19H22FN3O3. The van der Waals surface area contributed by atoms with E-state index < -0.39 is 0 Å². The molecule has 0 bridgehead atoms. The summed E-state index contributed by atoms with van der Waals surface area (Å²) in [5, 5.41) is 0. The molecule has 2 heterocycles. The van der Waals surface area contributed by atoms with Crippen LogP contribution in [0.25, 0.3) is 0 Å². The van der Waals surface area contributed by atoms with E-state index in [4.69, 9.17) is 0 Å². The summed E-state index contributed by atoms with van der Waals surface area (Å²) in [5.41, 5.74) is 0.862. The number of piperazine rings is 1. The number of rotatable bonds is 4. The van der Waals surface area contributed by atoms with Crippen LogP contribution in [0.5, 0.6) is 0 Å². The van der Waals surface area contributed by atoms with Crippen LogP contribution in [-0.2, 0) is 20.9 Å². The van der Waals surface area contributed by atoms with Crippen molar-refractivity contribution < 1.29 is 18.8 Å². The van der Waals surface area contributed by atoms with E-state index in [2.05, 4.69) is 0 Å². The number of hydrogen-bond donors (Lipinski definition) is 0. The first-order valence-electron chi connectivity index (χ1n) is 9.12. The molecule has 7 heteroatoms. The van der Waals surface area contributed by atoms with E-state index in [1.165, 1.54) is 12.1 Å². The number of carbonyl (C=O) groups excluding carboxylic acids is 3. The highest BCUT2D eigenvalue weighted by molar-refractivity contribution is 5.92. The second-order valence-corrected chi connectivity index (χ2v) is 7.38. The average Bonchev–Trinajstić information content (AvgIpc) is 3.40. The van der Waals surface area contributed by atoms with Gasteiger partial charge < -0.3 is 14.7 Å². The van der Waals surface area contributed by atoms with Crippen molar-refractivity contribution in [3.05, 3.63) is 35.6 Å². The van der Waals surface area contributed by atoms with Crippen molar-refractivity contribution in [2.75, 3.05) is 26.2 Å². The van der Waals surface area contributed by atoms with Crippen molar-refractivity contribution in [2.45, 2.75) is 31.8 Å². The van der Waals surface area contributed by atoms with Gasteiger partial charge in [-0.2, -0.15) is 0 Å². The van der Waals surface area contributed by atoms with Crippen LogP contribution in [0.15, 0.2) is 24.3 Å². The highest BCUT2D eigenvalue weighted by atomic mass is 19.1. The molecule has 0 aromatic heterocycles. The Labute approximate surface area is 151 Å². The molecule has 0 N–H and O–H groups in total. The van der Waals surface area contributed by atoms with Gasteiger partial charge in [-0.3, -0.25) is 14.4 Å². The molecule has 1 atom stereocenters. The summed E-state index contributed by atoms with van der Waals surface area (Å²) in [6.45, 7) is 1.88. The van der Waals surface area contributed by atoms with Crippen LogP contribution < -0.4 is 0 Å². The van der Waals surface area contributed by atoms with Crippen molar-refractivity contribution in [2.24, 2.45) is 5.92 Å². The predicted molar refractivity (Wildman–Crippen MR) is 91.2 cm³/mol. The highest BCUT2D eigenvalue weighted by Gasteiger charge is 2.43. The van der Waals surface area contributed by atoms with E-state index in [0.29, 0.717) is 32.2 Å². The zero-order chi connectivity index (χ0) is 18.3. The first-order chi connectivity index (χ1) is 12.5. The van der Waals surface area contributed by atoms with Gasteiger partial charge in [-0.15, -0.1) is 0 Å². The van der Waals surface area contributed by atoms with Crippen molar-refractivity contribution in [1.29, 1.82) is 0 Å². The minimum Gasteiger partial charge on any atom is -0.339 e. The lowest BCUT2D eigenvalue weighted by atomic mass is 10.1. The van der Waals surface area contributed by atoms with Crippen molar-refractivity contribution in [3.63, 3.8) is 0 Å². The Kier molecular flexibility index (Phi) is 4.38. The maximum Gasteiger partial charge on any atom is 0.242 e. The van der Waals surface area contributed by atoms with Gasteiger partial charge in [0.05, 0.1) is 12.5 Å². The molecule has 2 aliphatic heterocycles.